The minimum absolute atomic E-state index is 0.138. The molecule has 32 heavy (non-hydrogen) atoms. The van der Waals surface area contributed by atoms with Crippen molar-refractivity contribution in [2.45, 2.75) is 25.4 Å². The average Bonchev–Trinajstić information content (AvgIpc) is 3.38. The highest BCUT2D eigenvalue weighted by Crippen LogP contribution is 2.34. The van der Waals surface area contributed by atoms with E-state index in [4.69, 9.17) is 9.47 Å². The van der Waals surface area contributed by atoms with Crippen LogP contribution in [0.3, 0.4) is 0 Å². The van der Waals surface area contributed by atoms with E-state index < -0.39 is 11.9 Å². The second kappa shape index (κ2) is 10.9. The molecule has 0 aliphatic carbocycles. The van der Waals surface area contributed by atoms with Crippen LogP contribution in [0.4, 0.5) is 5.00 Å². The minimum atomic E-state index is -0.638. The van der Waals surface area contributed by atoms with E-state index in [2.05, 4.69) is 20.8 Å². The number of aromatic nitrogens is 4. The second-order valence-corrected chi connectivity index (χ2v) is 8.41. The summed E-state index contributed by atoms with van der Waals surface area (Å²) in [6, 6.07) is 9.41. The van der Waals surface area contributed by atoms with Gasteiger partial charge in [-0.25, -0.2) is 9.59 Å². The Morgan fingerprint density at radius 1 is 1.19 bits per heavy atom. The Bertz CT molecular complexity index is 1110. The first-order valence-corrected chi connectivity index (χ1v) is 11.4. The quantitative estimate of drug-likeness (QED) is 0.367. The molecule has 1 amide bonds. The molecule has 3 aromatic rings. The normalized spacial score (nSPS) is 10.6. The molecule has 0 saturated heterocycles. The Balaban J connectivity index is 1.67. The Morgan fingerprint density at radius 3 is 2.62 bits per heavy atom. The van der Waals surface area contributed by atoms with Gasteiger partial charge in [0.25, 0.3) is 0 Å². The zero-order valence-electron chi connectivity index (χ0n) is 17.7. The maximum absolute atomic E-state index is 12.5. The Kier molecular flexibility index (Phi) is 7.95. The van der Waals surface area contributed by atoms with E-state index >= 15 is 0 Å². The first-order chi connectivity index (χ1) is 15.5. The maximum Gasteiger partial charge on any atom is 0.348 e. The third-order valence-corrected chi connectivity index (χ3v) is 6.36. The number of para-hydroxylation sites is 1. The number of ether oxygens (including phenoxy) is 2. The molecule has 0 radical (unpaired) electrons. The average molecular weight is 476 g/mol. The fourth-order valence-corrected chi connectivity index (χ4v) is 4.70. The summed E-state index contributed by atoms with van der Waals surface area (Å²) in [5.41, 5.74) is 1.37. The highest BCUT2D eigenvalue weighted by Gasteiger charge is 2.27. The van der Waals surface area contributed by atoms with Crippen molar-refractivity contribution in [1.82, 2.24) is 20.2 Å². The van der Waals surface area contributed by atoms with E-state index in [9.17, 15) is 14.4 Å². The first-order valence-electron chi connectivity index (χ1n) is 9.61. The number of esters is 2. The molecule has 0 saturated carbocycles. The van der Waals surface area contributed by atoms with Crippen LogP contribution >= 0.6 is 23.1 Å². The van der Waals surface area contributed by atoms with Gasteiger partial charge in [0.15, 0.2) is 0 Å². The number of nitrogens with zero attached hydrogens (tertiary/aromatic N) is 4. The minimum Gasteiger partial charge on any atom is -0.465 e. The van der Waals surface area contributed by atoms with E-state index in [1.54, 1.807) is 18.5 Å². The molecule has 0 unspecified atom stereocenters. The Morgan fingerprint density at radius 2 is 1.94 bits per heavy atom. The highest BCUT2D eigenvalue weighted by atomic mass is 32.2. The lowest BCUT2D eigenvalue weighted by atomic mass is 10.1. The van der Waals surface area contributed by atoms with E-state index in [0.717, 1.165) is 17.0 Å². The molecule has 1 aromatic carbocycles. The number of nitrogens with one attached hydrogen (secondary N) is 1. The fraction of sp³-hybridized carbons (Fsp3) is 0.300. The van der Waals surface area contributed by atoms with Crippen LogP contribution in [0.25, 0.3) is 5.69 Å². The Hall–Kier alpha value is -3.25. The molecule has 12 heteroatoms. The molecule has 0 atom stereocenters. The van der Waals surface area contributed by atoms with E-state index in [1.165, 1.54) is 18.9 Å². The van der Waals surface area contributed by atoms with Gasteiger partial charge >= 0.3 is 11.9 Å². The summed E-state index contributed by atoms with van der Waals surface area (Å²) in [5, 5.41) is 15.2. The topological polar surface area (TPSA) is 125 Å². The lowest BCUT2D eigenvalue weighted by Gasteiger charge is -2.06. The number of carbonyl (C=O) groups excluding carboxylic acids is 3. The van der Waals surface area contributed by atoms with Gasteiger partial charge in [-0.15, -0.1) is 16.4 Å². The molecule has 2 aromatic heterocycles. The zero-order chi connectivity index (χ0) is 23.1. The van der Waals surface area contributed by atoms with Gasteiger partial charge in [0.05, 0.1) is 25.0 Å². The van der Waals surface area contributed by atoms with Crippen LogP contribution in [0, 0.1) is 6.92 Å². The summed E-state index contributed by atoms with van der Waals surface area (Å²) in [6.07, 6.45) is 0.138. The van der Waals surface area contributed by atoms with E-state index in [0.29, 0.717) is 16.5 Å². The third kappa shape index (κ3) is 5.32. The molecule has 0 aliphatic heterocycles. The van der Waals surface area contributed by atoms with Crippen molar-refractivity contribution >= 4 is 45.9 Å². The SMILES string of the molecule is CCOC(=O)c1sc(NC(=O)CCSc2nnnn2-c2ccccc2)c(C(=O)OC)c1C. The van der Waals surface area contributed by atoms with Gasteiger partial charge in [-0.2, -0.15) is 4.68 Å². The smallest absolute Gasteiger partial charge is 0.348 e. The van der Waals surface area contributed by atoms with E-state index in [1.807, 2.05) is 30.3 Å². The number of methoxy groups -OCH3 is 1. The van der Waals surface area contributed by atoms with E-state index in [-0.39, 0.29) is 34.4 Å². The molecule has 0 fully saturated rings. The number of carbonyl (C=O) groups is 3. The van der Waals surface area contributed by atoms with Crippen LogP contribution in [-0.4, -0.2) is 57.5 Å². The summed E-state index contributed by atoms with van der Waals surface area (Å²) in [5.74, 6) is -1.11. The van der Waals surface area contributed by atoms with Gasteiger partial charge in [0.1, 0.15) is 9.88 Å². The molecule has 0 bridgehead atoms. The van der Waals surface area contributed by atoms with Crippen molar-refractivity contribution in [3.63, 3.8) is 0 Å². The summed E-state index contributed by atoms with van der Waals surface area (Å²) in [6.45, 7) is 3.51. The predicted octanol–water partition coefficient (Wildman–Crippen LogP) is 3.12. The lowest BCUT2D eigenvalue weighted by Crippen LogP contribution is -2.14. The predicted molar refractivity (Wildman–Crippen MR) is 119 cm³/mol. The van der Waals surface area contributed by atoms with Gasteiger partial charge in [0, 0.05) is 12.2 Å². The number of anilines is 1. The van der Waals surface area contributed by atoms with Crippen molar-refractivity contribution in [2.75, 3.05) is 24.8 Å². The number of benzene rings is 1. The molecular weight excluding hydrogens is 454 g/mol. The number of rotatable bonds is 9. The third-order valence-electron chi connectivity index (χ3n) is 4.25. The summed E-state index contributed by atoms with van der Waals surface area (Å²) < 4.78 is 11.4. The van der Waals surface area contributed by atoms with Gasteiger partial charge in [-0.1, -0.05) is 30.0 Å². The van der Waals surface area contributed by atoms with Crippen molar-refractivity contribution in [2.24, 2.45) is 0 Å². The van der Waals surface area contributed by atoms with Crippen molar-refractivity contribution in [3.8, 4) is 5.69 Å². The molecule has 3 rings (SSSR count). The summed E-state index contributed by atoms with van der Waals surface area (Å²) >= 11 is 2.31. The zero-order valence-corrected chi connectivity index (χ0v) is 19.3. The number of hydrogen-bond donors (Lipinski definition) is 1. The molecule has 0 aliphatic rings. The largest absolute Gasteiger partial charge is 0.465 e. The number of amides is 1. The first kappa shape index (κ1) is 23.4. The molecule has 0 spiro atoms. The molecule has 168 valence electrons. The van der Waals surface area contributed by atoms with Crippen molar-refractivity contribution in [1.29, 1.82) is 0 Å². The van der Waals surface area contributed by atoms with Crippen molar-refractivity contribution < 1.29 is 23.9 Å². The van der Waals surface area contributed by atoms with Gasteiger partial charge < -0.3 is 14.8 Å². The van der Waals surface area contributed by atoms with Crippen molar-refractivity contribution in [3.05, 3.63) is 46.3 Å². The number of tetrazole rings is 1. The lowest BCUT2D eigenvalue weighted by molar-refractivity contribution is -0.115. The van der Waals surface area contributed by atoms with Gasteiger partial charge in [-0.05, 0) is 42.0 Å². The van der Waals surface area contributed by atoms with Crippen LogP contribution < -0.4 is 5.32 Å². The van der Waals surface area contributed by atoms with Crippen LogP contribution in [0.2, 0.25) is 0 Å². The Labute approximate surface area is 192 Å². The molecular formula is C20H21N5O5S2. The molecule has 1 N–H and O–H groups in total. The van der Waals surface area contributed by atoms with Crippen LogP contribution in [0.5, 0.6) is 0 Å². The monoisotopic (exact) mass is 475 g/mol. The summed E-state index contributed by atoms with van der Waals surface area (Å²) in [4.78, 5) is 37.2. The molecule has 2 heterocycles. The van der Waals surface area contributed by atoms with Gasteiger partial charge in [-0.3, -0.25) is 4.79 Å². The fourth-order valence-electron chi connectivity index (χ4n) is 2.77. The molecule has 10 nitrogen and oxygen atoms in total. The van der Waals surface area contributed by atoms with Crippen LogP contribution in [0.15, 0.2) is 35.5 Å². The summed E-state index contributed by atoms with van der Waals surface area (Å²) in [7, 11) is 1.24. The van der Waals surface area contributed by atoms with Gasteiger partial charge in [0.2, 0.25) is 11.1 Å². The second-order valence-electron chi connectivity index (χ2n) is 6.33. The number of hydrogen-bond acceptors (Lipinski definition) is 10. The van der Waals surface area contributed by atoms with Crippen LogP contribution in [0.1, 0.15) is 38.9 Å². The highest BCUT2D eigenvalue weighted by molar-refractivity contribution is 7.99. The number of thiophene rings is 1. The van der Waals surface area contributed by atoms with Crippen LogP contribution in [-0.2, 0) is 14.3 Å². The number of thioether (sulfide) groups is 1. The maximum atomic E-state index is 12.5. The standard InChI is InChI=1S/C20H21N5O5S2/c1-4-30-19(28)16-12(2)15(18(27)29-3)17(32-16)21-14(26)10-11-31-20-22-23-24-25(20)13-8-6-5-7-9-13/h5-9H,4,10-11H2,1-3H3,(H,21,26).